The summed E-state index contributed by atoms with van der Waals surface area (Å²) in [6, 6.07) is 0. The Morgan fingerprint density at radius 1 is 0.680 bits per heavy atom. The van der Waals surface area contributed by atoms with E-state index in [9.17, 15) is 24.0 Å². The van der Waals surface area contributed by atoms with Crippen LogP contribution in [0.5, 0.6) is 0 Å². The number of hydrogen-bond acceptors (Lipinski definition) is 8. The van der Waals surface area contributed by atoms with E-state index in [1.54, 1.807) is 0 Å². The van der Waals surface area contributed by atoms with E-state index in [2.05, 4.69) is 9.47 Å². The predicted octanol–water partition coefficient (Wildman–Crippen LogP) is -2.52. The van der Waals surface area contributed by atoms with E-state index in [-0.39, 0.29) is 13.1 Å². The van der Waals surface area contributed by atoms with E-state index in [0.717, 1.165) is 4.90 Å². The van der Waals surface area contributed by atoms with Crippen LogP contribution in [0.2, 0.25) is 0 Å². The molecule has 142 valence electrons. The van der Waals surface area contributed by atoms with Crippen molar-refractivity contribution < 1.29 is 59.0 Å². The Morgan fingerprint density at radius 3 is 1.24 bits per heavy atom. The third-order valence-electron chi connectivity index (χ3n) is 2.64. The minimum Gasteiger partial charge on any atom is -0.480 e. The van der Waals surface area contributed by atoms with Crippen molar-refractivity contribution in [2.75, 3.05) is 32.8 Å². The third-order valence-corrected chi connectivity index (χ3v) is 2.64. The second-order valence-electron chi connectivity index (χ2n) is 4.52. The van der Waals surface area contributed by atoms with Gasteiger partial charge in [-0.2, -0.15) is 0 Å². The molecule has 0 aromatic heterocycles. The molecule has 0 aliphatic heterocycles. The van der Waals surface area contributed by atoms with Crippen molar-refractivity contribution in [3.05, 3.63) is 0 Å². The van der Waals surface area contributed by atoms with Gasteiger partial charge in [0, 0.05) is 13.1 Å². The van der Waals surface area contributed by atoms with Crippen molar-refractivity contribution in [2.45, 2.75) is 12.2 Å². The zero-order valence-electron chi connectivity index (χ0n) is 12.7. The van der Waals surface area contributed by atoms with Crippen LogP contribution < -0.4 is 0 Å². The largest absolute Gasteiger partial charge is 0.480 e. The molecule has 0 radical (unpaired) electrons. The molecular formula is C12H17NO12. The zero-order valence-corrected chi connectivity index (χ0v) is 12.7. The van der Waals surface area contributed by atoms with Crippen LogP contribution in [-0.2, 0) is 33.4 Å². The summed E-state index contributed by atoms with van der Waals surface area (Å²) in [6.07, 6.45) is -4.24. The summed E-state index contributed by atoms with van der Waals surface area (Å²) in [6.45, 7) is -1.88. The summed E-state index contributed by atoms with van der Waals surface area (Å²) >= 11 is 0. The summed E-state index contributed by atoms with van der Waals surface area (Å²) in [5.41, 5.74) is 0. The van der Waals surface area contributed by atoms with Crippen LogP contribution in [-0.4, -0.2) is 105 Å². The predicted molar refractivity (Wildman–Crippen MR) is 74.1 cm³/mol. The first-order valence-electron chi connectivity index (χ1n) is 6.64. The van der Waals surface area contributed by atoms with E-state index in [4.69, 9.17) is 25.5 Å². The van der Waals surface area contributed by atoms with Gasteiger partial charge in [0.25, 0.3) is 12.2 Å². The lowest BCUT2D eigenvalue weighted by atomic mass is 10.3. The topological polar surface area (TPSA) is 208 Å². The van der Waals surface area contributed by atoms with Gasteiger partial charge in [-0.3, -0.25) is 9.69 Å². The van der Waals surface area contributed by atoms with E-state index in [0.29, 0.717) is 0 Å². The highest BCUT2D eigenvalue weighted by atomic mass is 16.5. The molecule has 0 amide bonds. The van der Waals surface area contributed by atoms with Gasteiger partial charge in [-0.25, -0.2) is 19.2 Å². The van der Waals surface area contributed by atoms with E-state index in [1.807, 2.05) is 0 Å². The van der Waals surface area contributed by atoms with Gasteiger partial charge in [0.05, 0.1) is 19.8 Å². The van der Waals surface area contributed by atoms with Crippen LogP contribution >= 0.6 is 0 Å². The van der Waals surface area contributed by atoms with Gasteiger partial charge in [-0.1, -0.05) is 0 Å². The molecule has 0 aromatic carbocycles. The van der Waals surface area contributed by atoms with Crippen molar-refractivity contribution in [3.8, 4) is 0 Å². The highest BCUT2D eigenvalue weighted by molar-refractivity contribution is 5.96. The average Bonchev–Trinajstić information content (AvgIpc) is 2.45. The molecule has 0 spiro atoms. The van der Waals surface area contributed by atoms with Gasteiger partial charge < -0.3 is 35.0 Å². The van der Waals surface area contributed by atoms with Crippen LogP contribution in [0.15, 0.2) is 0 Å². The lowest BCUT2D eigenvalue weighted by Gasteiger charge is -2.21. The molecule has 0 unspecified atom stereocenters. The van der Waals surface area contributed by atoms with Crippen molar-refractivity contribution in [1.29, 1.82) is 0 Å². The second kappa shape index (κ2) is 10.9. The first-order chi connectivity index (χ1) is 11.6. The summed E-state index contributed by atoms with van der Waals surface area (Å²) in [7, 11) is 0. The normalized spacial score (nSPS) is 11.0. The van der Waals surface area contributed by atoms with Gasteiger partial charge in [-0.15, -0.1) is 0 Å². The average molecular weight is 367 g/mol. The van der Waals surface area contributed by atoms with E-state index >= 15 is 0 Å². The number of aliphatic carboxylic acids is 5. The molecular weight excluding hydrogens is 350 g/mol. The lowest BCUT2D eigenvalue weighted by molar-refractivity contribution is -0.166. The Balaban J connectivity index is 4.53. The Hall–Kier alpha value is -2.77. The maximum Gasteiger partial charge on any atom is 0.344 e. The van der Waals surface area contributed by atoms with Gasteiger partial charge in [0.1, 0.15) is 0 Å². The quantitative estimate of drug-likeness (QED) is 0.201. The molecule has 0 aliphatic rings. The van der Waals surface area contributed by atoms with Crippen LogP contribution in [0, 0.1) is 0 Å². The van der Waals surface area contributed by atoms with Crippen LogP contribution in [0.1, 0.15) is 0 Å². The molecule has 0 fully saturated rings. The molecule has 0 aromatic rings. The SMILES string of the molecule is O=C(O)CN(CCOC(C(=O)O)C(=O)O)CCOC(C(=O)O)C(=O)O. The summed E-state index contributed by atoms with van der Waals surface area (Å²) < 4.78 is 9.24. The standard InChI is InChI=1S/C12H17NO12/c14-6(15)5-13(1-3-24-7(9(16)17)10(18)19)2-4-25-8(11(20)21)12(22)23/h7-8H,1-5H2,(H,14,15)(H,16,17)(H,18,19)(H,20,21)(H,22,23). The number of carboxylic acids is 5. The molecule has 25 heavy (non-hydrogen) atoms. The number of hydrogen-bond donors (Lipinski definition) is 5. The number of carboxylic acid groups (broad SMARTS) is 5. The van der Waals surface area contributed by atoms with Crippen LogP contribution in [0.4, 0.5) is 0 Å². The number of ether oxygens (including phenoxy) is 2. The maximum absolute atomic E-state index is 10.7. The lowest BCUT2D eigenvalue weighted by Crippen LogP contribution is -2.40. The molecule has 13 heteroatoms. The van der Waals surface area contributed by atoms with Gasteiger partial charge in [0.2, 0.25) is 0 Å². The molecule has 5 N–H and O–H groups in total. The number of carbonyl (C=O) groups is 5. The Kier molecular flexibility index (Phi) is 9.69. The maximum atomic E-state index is 10.7. The fourth-order valence-electron chi connectivity index (χ4n) is 1.56. The van der Waals surface area contributed by atoms with Crippen LogP contribution in [0.3, 0.4) is 0 Å². The van der Waals surface area contributed by atoms with E-state index in [1.165, 1.54) is 0 Å². The molecule has 13 nitrogen and oxygen atoms in total. The van der Waals surface area contributed by atoms with Crippen LogP contribution in [0.25, 0.3) is 0 Å². The van der Waals surface area contributed by atoms with E-state index < -0.39 is 61.8 Å². The molecule has 0 saturated carbocycles. The fourth-order valence-corrected chi connectivity index (χ4v) is 1.56. The summed E-state index contributed by atoms with van der Waals surface area (Å²) in [5, 5.41) is 43.2. The number of rotatable bonds is 14. The Labute approximate surface area is 140 Å². The second-order valence-corrected chi connectivity index (χ2v) is 4.52. The Bertz CT molecular complexity index is 452. The minimum absolute atomic E-state index is 0.211. The number of nitrogens with zero attached hydrogens (tertiary/aromatic N) is 1. The minimum atomic E-state index is -2.12. The van der Waals surface area contributed by atoms with Gasteiger partial charge in [0.15, 0.2) is 0 Å². The molecule has 0 rings (SSSR count). The Morgan fingerprint density at radius 2 is 1.00 bits per heavy atom. The summed E-state index contributed by atoms with van der Waals surface area (Å²) in [4.78, 5) is 54.4. The zero-order chi connectivity index (χ0) is 19.6. The first kappa shape index (κ1) is 22.2. The molecule has 0 bridgehead atoms. The highest BCUT2D eigenvalue weighted by Crippen LogP contribution is 1.98. The third kappa shape index (κ3) is 9.19. The monoisotopic (exact) mass is 367 g/mol. The highest BCUT2D eigenvalue weighted by Gasteiger charge is 2.28. The van der Waals surface area contributed by atoms with Gasteiger partial charge >= 0.3 is 29.8 Å². The van der Waals surface area contributed by atoms with Gasteiger partial charge in [-0.05, 0) is 0 Å². The summed E-state index contributed by atoms with van der Waals surface area (Å²) in [5.74, 6) is -8.20. The van der Waals surface area contributed by atoms with Crippen molar-refractivity contribution in [2.24, 2.45) is 0 Å². The van der Waals surface area contributed by atoms with Crippen molar-refractivity contribution in [3.63, 3.8) is 0 Å². The first-order valence-corrected chi connectivity index (χ1v) is 6.64. The molecule has 0 atom stereocenters. The molecule has 0 saturated heterocycles. The van der Waals surface area contributed by atoms with Crippen molar-refractivity contribution >= 4 is 29.8 Å². The molecule has 0 heterocycles. The smallest absolute Gasteiger partial charge is 0.344 e. The molecule has 0 aliphatic carbocycles. The fraction of sp³-hybridized carbons (Fsp3) is 0.583. The van der Waals surface area contributed by atoms with Crippen molar-refractivity contribution in [1.82, 2.24) is 4.90 Å².